The van der Waals surface area contributed by atoms with E-state index >= 15 is 0 Å². The topological polar surface area (TPSA) is 148 Å². The highest BCUT2D eigenvalue weighted by Crippen LogP contribution is 1.91. The molecule has 0 aliphatic carbocycles. The number of rotatable bonds is 6. The number of carboxylic acids is 1. The lowest BCUT2D eigenvalue weighted by molar-refractivity contribution is -0.140. The molecule has 8 nitrogen and oxygen atoms in total. The number of amides is 3. The minimum atomic E-state index is -1.32. The Kier molecular flexibility index (Phi) is 5.79. The number of carboxylic acid groups (broad SMARTS) is 1. The van der Waals surface area contributed by atoms with Gasteiger partial charge in [0.15, 0.2) is 0 Å². The largest absolute Gasteiger partial charge is 0.480 e. The molecule has 1 atom stereocenters. The van der Waals surface area contributed by atoms with Gasteiger partial charge in [0.1, 0.15) is 6.04 Å². The van der Waals surface area contributed by atoms with Crippen molar-refractivity contribution in [3.8, 4) is 0 Å². The van der Waals surface area contributed by atoms with E-state index < -0.39 is 30.4 Å². The van der Waals surface area contributed by atoms with Gasteiger partial charge in [0.2, 0.25) is 5.91 Å². The van der Waals surface area contributed by atoms with Crippen molar-refractivity contribution >= 4 is 17.9 Å². The van der Waals surface area contributed by atoms with Crippen molar-refractivity contribution in [1.82, 2.24) is 10.6 Å². The van der Waals surface area contributed by atoms with Gasteiger partial charge in [-0.15, -0.1) is 0 Å². The Balaban J connectivity index is 4.10. The number of carbonyl (C=O) groups excluding carboxylic acids is 2. The smallest absolute Gasteiger partial charge is 0.326 e. The molecule has 0 aromatic rings. The molecule has 0 fully saturated rings. The first-order valence-electron chi connectivity index (χ1n) is 4.23. The number of primary amides is 1. The molecule has 0 bridgehead atoms. The lowest BCUT2D eigenvalue weighted by Crippen LogP contribution is -2.48. The number of nitrogens with one attached hydrogen (secondary N) is 2. The van der Waals surface area contributed by atoms with Crippen LogP contribution in [-0.4, -0.2) is 42.1 Å². The summed E-state index contributed by atoms with van der Waals surface area (Å²) in [6.45, 7) is 0.454. The molecular weight excluding hydrogens is 204 g/mol. The second kappa shape index (κ2) is 6.60. The van der Waals surface area contributed by atoms with Gasteiger partial charge in [0.05, 0.1) is 6.42 Å². The summed E-state index contributed by atoms with van der Waals surface area (Å²) in [4.78, 5) is 32.1. The first-order valence-corrected chi connectivity index (χ1v) is 4.23. The highest BCUT2D eigenvalue weighted by atomic mass is 16.4. The summed E-state index contributed by atoms with van der Waals surface area (Å²) in [7, 11) is 0. The summed E-state index contributed by atoms with van der Waals surface area (Å²) in [6, 6.07) is -2.02. The summed E-state index contributed by atoms with van der Waals surface area (Å²) in [6.07, 6.45) is -0.453. The predicted octanol–water partition coefficient (Wildman–Crippen LogP) is -2.43. The molecule has 0 saturated heterocycles. The normalized spacial score (nSPS) is 11.5. The van der Waals surface area contributed by atoms with Crippen molar-refractivity contribution in [2.75, 3.05) is 13.1 Å². The molecule has 0 radical (unpaired) electrons. The lowest BCUT2D eigenvalue weighted by Gasteiger charge is -2.13. The van der Waals surface area contributed by atoms with Gasteiger partial charge in [-0.2, -0.15) is 0 Å². The number of aliphatic carboxylic acids is 1. The molecule has 8 heteroatoms. The van der Waals surface area contributed by atoms with Crippen molar-refractivity contribution in [2.45, 2.75) is 12.5 Å². The molecule has 0 rings (SSSR count). The van der Waals surface area contributed by atoms with Crippen LogP contribution in [-0.2, 0) is 9.59 Å². The third-order valence-corrected chi connectivity index (χ3v) is 1.44. The second-order valence-electron chi connectivity index (χ2n) is 2.75. The molecule has 0 aromatic heterocycles. The minimum Gasteiger partial charge on any atom is -0.480 e. The van der Waals surface area contributed by atoms with Crippen LogP contribution in [0.15, 0.2) is 0 Å². The molecule has 0 saturated carbocycles. The van der Waals surface area contributed by atoms with E-state index in [1.807, 2.05) is 0 Å². The second-order valence-corrected chi connectivity index (χ2v) is 2.75. The Hall–Kier alpha value is -1.83. The fourth-order valence-corrected chi connectivity index (χ4v) is 0.796. The zero-order valence-electron chi connectivity index (χ0n) is 8.03. The number of nitrogens with two attached hydrogens (primary N) is 2. The highest BCUT2D eigenvalue weighted by molar-refractivity contribution is 5.87. The van der Waals surface area contributed by atoms with Crippen LogP contribution in [0.1, 0.15) is 6.42 Å². The van der Waals surface area contributed by atoms with E-state index in [2.05, 4.69) is 10.6 Å². The summed E-state index contributed by atoms with van der Waals surface area (Å²) >= 11 is 0. The number of hydrogen-bond acceptors (Lipinski definition) is 4. The van der Waals surface area contributed by atoms with Gasteiger partial charge in [0, 0.05) is 13.1 Å². The van der Waals surface area contributed by atoms with Gasteiger partial charge in [-0.25, -0.2) is 9.59 Å². The van der Waals surface area contributed by atoms with E-state index in [-0.39, 0.29) is 13.1 Å². The minimum absolute atomic E-state index is 0.217. The van der Waals surface area contributed by atoms with E-state index in [9.17, 15) is 14.4 Å². The Bertz CT molecular complexity index is 255. The predicted molar refractivity (Wildman–Crippen MR) is 50.8 cm³/mol. The van der Waals surface area contributed by atoms with Crippen molar-refractivity contribution in [3.63, 3.8) is 0 Å². The molecule has 0 unspecified atom stereocenters. The molecule has 7 N–H and O–H groups in total. The summed E-state index contributed by atoms with van der Waals surface area (Å²) in [5, 5.41) is 13.0. The molecule has 0 aliphatic rings. The van der Waals surface area contributed by atoms with Crippen LogP contribution in [0.3, 0.4) is 0 Å². The average Bonchev–Trinajstić information content (AvgIpc) is 2.12. The number of hydrogen-bond donors (Lipinski definition) is 5. The molecule has 3 amide bonds. The van der Waals surface area contributed by atoms with Crippen LogP contribution in [0.2, 0.25) is 0 Å². The summed E-state index contributed by atoms with van der Waals surface area (Å²) < 4.78 is 0. The SMILES string of the molecule is NCCNC(=O)N[C@@H](CC(N)=O)C(=O)O. The van der Waals surface area contributed by atoms with Crippen LogP contribution < -0.4 is 22.1 Å². The Morgan fingerprint density at radius 3 is 2.33 bits per heavy atom. The standard InChI is InChI=1S/C7H14N4O4/c8-1-2-10-7(15)11-4(6(13)14)3-5(9)12/h4H,1-3,8H2,(H2,9,12)(H,13,14)(H2,10,11,15)/t4-/m0/s1. The molecule has 0 aliphatic heterocycles. The van der Waals surface area contributed by atoms with E-state index in [0.29, 0.717) is 0 Å². The fourth-order valence-electron chi connectivity index (χ4n) is 0.796. The van der Waals surface area contributed by atoms with Crippen LogP contribution in [0.4, 0.5) is 4.79 Å². The van der Waals surface area contributed by atoms with E-state index in [4.69, 9.17) is 16.6 Å². The molecule has 0 aromatic carbocycles. The van der Waals surface area contributed by atoms with Crippen molar-refractivity contribution in [3.05, 3.63) is 0 Å². The van der Waals surface area contributed by atoms with Crippen LogP contribution in [0, 0.1) is 0 Å². The zero-order chi connectivity index (χ0) is 11.8. The Labute approximate surface area is 86.0 Å². The molecule has 86 valence electrons. The Morgan fingerprint density at radius 2 is 1.93 bits per heavy atom. The van der Waals surface area contributed by atoms with Crippen LogP contribution >= 0.6 is 0 Å². The van der Waals surface area contributed by atoms with Crippen molar-refractivity contribution < 1.29 is 19.5 Å². The first kappa shape index (κ1) is 13.2. The quantitative estimate of drug-likeness (QED) is 0.336. The van der Waals surface area contributed by atoms with Crippen molar-refractivity contribution in [2.24, 2.45) is 11.5 Å². The first-order chi connectivity index (χ1) is 6.97. The third-order valence-electron chi connectivity index (χ3n) is 1.44. The van der Waals surface area contributed by atoms with Crippen molar-refractivity contribution in [1.29, 1.82) is 0 Å². The number of carbonyl (C=O) groups is 3. The van der Waals surface area contributed by atoms with Crippen LogP contribution in [0.5, 0.6) is 0 Å². The maximum Gasteiger partial charge on any atom is 0.326 e. The maximum atomic E-state index is 11.0. The van der Waals surface area contributed by atoms with Crippen LogP contribution in [0.25, 0.3) is 0 Å². The molecule has 0 heterocycles. The van der Waals surface area contributed by atoms with E-state index in [0.717, 1.165) is 0 Å². The van der Waals surface area contributed by atoms with Gasteiger partial charge in [0.25, 0.3) is 0 Å². The summed E-state index contributed by atoms with van der Waals surface area (Å²) in [5.41, 5.74) is 9.93. The number of urea groups is 1. The van der Waals surface area contributed by atoms with Gasteiger partial charge in [-0.1, -0.05) is 0 Å². The van der Waals surface area contributed by atoms with E-state index in [1.165, 1.54) is 0 Å². The lowest BCUT2D eigenvalue weighted by atomic mass is 10.2. The third kappa shape index (κ3) is 6.27. The average molecular weight is 218 g/mol. The summed E-state index contributed by atoms with van der Waals surface area (Å²) in [5.74, 6) is -2.13. The fraction of sp³-hybridized carbons (Fsp3) is 0.571. The maximum absolute atomic E-state index is 11.0. The van der Waals surface area contributed by atoms with Gasteiger partial charge >= 0.3 is 12.0 Å². The Morgan fingerprint density at radius 1 is 1.33 bits per heavy atom. The van der Waals surface area contributed by atoms with E-state index in [1.54, 1.807) is 0 Å². The zero-order valence-corrected chi connectivity index (χ0v) is 8.03. The highest BCUT2D eigenvalue weighted by Gasteiger charge is 2.21. The molecule has 15 heavy (non-hydrogen) atoms. The van der Waals surface area contributed by atoms with Gasteiger partial charge < -0.3 is 27.2 Å². The monoisotopic (exact) mass is 218 g/mol. The van der Waals surface area contributed by atoms with Gasteiger partial charge in [-0.05, 0) is 0 Å². The molecular formula is C7H14N4O4. The van der Waals surface area contributed by atoms with Gasteiger partial charge in [-0.3, -0.25) is 4.79 Å². The molecule has 0 spiro atoms.